The van der Waals surface area contributed by atoms with Gasteiger partial charge >= 0.3 is 6.09 Å². The number of carbonyl (C=O) groups excluding carboxylic acids is 2. The van der Waals surface area contributed by atoms with Gasteiger partial charge in [0.1, 0.15) is 11.4 Å². The van der Waals surface area contributed by atoms with Crippen LogP contribution in [0.25, 0.3) is 0 Å². The number of ether oxygens (including phenoxy) is 1. The van der Waals surface area contributed by atoms with Crippen molar-refractivity contribution in [2.24, 2.45) is 0 Å². The molecule has 224 valence electrons. The Balaban J connectivity index is 1.59. The fraction of sp³-hybridized carbons (Fsp3) is 0.424. The van der Waals surface area contributed by atoms with E-state index in [-0.39, 0.29) is 29.3 Å². The highest BCUT2D eigenvalue weighted by Crippen LogP contribution is 2.28. The van der Waals surface area contributed by atoms with Crippen LogP contribution in [0.1, 0.15) is 81.8 Å². The number of halogens is 1. The van der Waals surface area contributed by atoms with Gasteiger partial charge in [-0.05, 0) is 64.7 Å². The van der Waals surface area contributed by atoms with Gasteiger partial charge in [0.25, 0.3) is 5.91 Å². The molecule has 1 saturated carbocycles. The number of benzene rings is 2. The lowest BCUT2D eigenvalue weighted by atomic mass is 9.90. The van der Waals surface area contributed by atoms with Crippen molar-refractivity contribution < 1.29 is 18.7 Å². The van der Waals surface area contributed by atoms with E-state index in [9.17, 15) is 9.59 Å². The maximum absolute atomic E-state index is 15.6. The van der Waals surface area contributed by atoms with Crippen molar-refractivity contribution in [1.82, 2.24) is 15.6 Å². The molecule has 42 heavy (non-hydrogen) atoms. The van der Waals surface area contributed by atoms with Gasteiger partial charge in [-0.1, -0.05) is 73.5 Å². The number of hydrogen-bond donors (Lipinski definition) is 4. The minimum atomic E-state index is -0.703. The third-order valence-corrected chi connectivity index (χ3v) is 7.24. The van der Waals surface area contributed by atoms with Gasteiger partial charge in [0.2, 0.25) is 0 Å². The van der Waals surface area contributed by atoms with Crippen LogP contribution in [0.2, 0.25) is 0 Å². The van der Waals surface area contributed by atoms with Crippen LogP contribution in [-0.2, 0) is 16.8 Å². The number of pyridine rings is 1. The lowest BCUT2D eigenvalue weighted by molar-refractivity contribution is 0.0488. The van der Waals surface area contributed by atoms with Crippen LogP contribution in [0.5, 0.6) is 0 Å². The Morgan fingerprint density at radius 2 is 1.52 bits per heavy atom. The van der Waals surface area contributed by atoms with E-state index in [0.717, 1.165) is 36.8 Å². The van der Waals surface area contributed by atoms with Gasteiger partial charge in [0.15, 0.2) is 11.6 Å². The first-order chi connectivity index (χ1) is 19.9. The first-order valence-corrected chi connectivity index (χ1v) is 14.5. The maximum atomic E-state index is 15.6. The maximum Gasteiger partial charge on any atom is 0.407 e. The molecule has 0 aliphatic heterocycles. The molecular weight excluding hydrogens is 533 g/mol. The van der Waals surface area contributed by atoms with E-state index < -0.39 is 29.0 Å². The van der Waals surface area contributed by atoms with E-state index in [1.807, 2.05) is 95.3 Å². The molecule has 1 aliphatic rings. The second kappa shape index (κ2) is 13.2. The molecule has 0 saturated heterocycles. The average molecular weight is 576 g/mol. The van der Waals surface area contributed by atoms with E-state index in [1.165, 1.54) is 6.07 Å². The minimum absolute atomic E-state index is 0.0207. The van der Waals surface area contributed by atoms with Crippen molar-refractivity contribution >= 4 is 23.6 Å². The number of carbonyl (C=O) groups is 2. The van der Waals surface area contributed by atoms with Crippen molar-refractivity contribution in [3.63, 3.8) is 0 Å². The van der Waals surface area contributed by atoms with Gasteiger partial charge in [-0.2, -0.15) is 0 Å². The molecule has 1 aliphatic carbocycles. The lowest BCUT2D eigenvalue weighted by Crippen LogP contribution is -2.50. The fourth-order valence-electron chi connectivity index (χ4n) is 5.07. The molecule has 9 heteroatoms. The van der Waals surface area contributed by atoms with Crippen LogP contribution >= 0.6 is 0 Å². The van der Waals surface area contributed by atoms with Crippen molar-refractivity contribution in [2.75, 3.05) is 10.6 Å². The second-order valence-corrected chi connectivity index (χ2v) is 12.3. The fourth-order valence-corrected chi connectivity index (χ4v) is 5.07. The van der Waals surface area contributed by atoms with Crippen molar-refractivity contribution in [3.8, 4) is 0 Å². The third-order valence-electron chi connectivity index (χ3n) is 7.24. The summed E-state index contributed by atoms with van der Waals surface area (Å²) in [5, 5.41) is 12.4. The Bertz CT molecular complexity index is 1360. The molecule has 2 amide bonds. The van der Waals surface area contributed by atoms with E-state index in [2.05, 4.69) is 26.3 Å². The molecular formula is C33H42FN5O3. The summed E-state index contributed by atoms with van der Waals surface area (Å²) in [6.45, 7) is 9.63. The Kier molecular flexibility index (Phi) is 9.70. The van der Waals surface area contributed by atoms with Crippen LogP contribution in [0, 0.1) is 5.82 Å². The van der Waals surface area contributed by atoms with Crippen LogP contribution < -0.4 is 21.3 Å². The van der Waals surface area contributed by atoms with Crippen LogP contribution in [0.4, 0.5) is 20.8 Å². The van der Waals surface area contributed by atoms with Crippen LogP contribution in [0.3, 0.4) is 0 Å². The largest absolute Gasteiger partial charge is 0.444 e. The molecule has 0 spiro atoms. The zero-order valence-corrected chi connectivity index (χ0v) is 25.1. The Morgan fingerprint density at radius 3 is 2.17 bits per heavy atom. The monoisotopic (exact) mass is 575 g/mol. The molecule has 0 radical (unpaired) electrons. The van der Waals surface area contributed by atoms with Crippen LogP contribution in [-0.4, -0.2) is 34.7 Å². The lowest BCUT2D eigenvalue weighted by Gasteiger charge is -2.34. The Labute approximate surface area is 247 Å². The molecule has 2 atom stereocenters. The first kappa shape index (κ1) is 30.8. The number of amides is 2. The Morgan fingerprint density at radius 1 is 0.905 bits per heavy atom. The van der Waals surface area contributed by atoms with Crippen molar-refractivity contribution in [3.05, 3.63) is 89.2 Å². The number of alkyl carbamates (subject to hydrolysis) is 1. The minimum Gasteiger partial charge on any atom is -0.444 e. The number of nitrogens with zero attached hydrogens (tertiary/aromatic N) is 1. The molecule has 1 aromatic heterocycles. The number of nitrogens with one attached hydrogen (secondary N) is 4. The normalized spacial score (nSPS) is 17.2. The second-order valence-electron chi connectivity index (χ2n) is 12.3. The zero-order chi connectivity index (χ0) is 30.3. The topological polar surface area (TPSA) is 104 Å². The third kappa shape index (κ3) is 8.44. The van der Waals surface area contributed by atoms with Crippen molar-refractivity contribution in [1.29, 1.82) is 0 Å². The van der Waals surface area contributed by atoms with Gasteiger partial charge < -0.3 is 26.0 Å². The zero-order valence-electron chi connectivity index (χ0n) is 25.1. The van der Waals surface area contributed by atoms with Gasteiger partial charge in [0, 0.05) is 12.6 Å². The quantitative estimate of drug-likeness (QED) is 0.225. The molecule has 4 rings (SSSR count). The summed E-state index contributed by atoms with van der Waals surface area (Å²) in [7, 11) is 0. The van der Waals surface area contributed by atoms with E-state index in [4.69, 9.17) is 4.74 Å². The summed E-state index contributed by atoms with van der Waals surface area (Å²) < 4.78 is 21.1. The van der Waals surface area contributed by atoms with E-state index >= 15 is 4.39 Å². The SMILES string of the molecule is CC(C)(C)OC(=O)N[C@H]1CCCC[C@H]1Nc1nc(NCc2ccccc2)c(C(=O)NC(C)(C)c2ccccc2)cc1F. The molecule has 3 aromatic rings. The van der Waals surface area contributed by atoms with E-state index in [0.29, 0.717) is 6.54 Å². The summed E-state index contributed by atoms with van der Waals surface area (Å²) in [5.41, 5.74) is 0.684. The highest BCUT2D eigenvalue weighted by Gasteiger charge is 2.31. The predicted octanol–water partition coefficient (Wildman–Crippen LogP) is 6.75. The van der Waals surface area contributed by atoms with E-state index in [1.54, 1.807) is 0 Å². The van der Waals surface area contributed by atoms with Gasteiger partial charge in [0.05, 0.1) is 17.1 Å². The molecule has 4 N–H and O–H groups in total. The molecule has 0 unspecified atom stereocenters. The summed E-state index contributed by atoms with van der Waals surface area (Å²) in [6.07, 6.45) is 2.82. The smallest absolute Gasteiger partial charge is 0.407 e. The predicted molar refractivity (Wildman–Crippen MR) is 164 cm³/mol. The molecule has 1 fully saturated rings. The molecule has 0 bridgehead atoms. The van der Waals surface area contributed by atoms with Gasteiger partial charge in [-0.25, -0.2) is 14.2 Å². The number of aromatic nitrogens is 1. The molecule has 2 aromatic carbocycles. The Hall–Kier alpha value is -4.14. The van der Waals surface area contributed by atoms with Gasteiger partial charge in [-0.15, -0.1) is 0 Å². The standard InChI is InChI=1S/C33H42FN5O3/c1-32(2,3)42-31(41)37-27-19-13-12-18-26(27)36-29-25(34)20-24(28(38-29)35-21-22-14-8-6-9-15-22)30(40)39-33(4,5)23-16-10-7-11-17-23/h6-11,14-17,20,26-27H,12-13,18-19,21H2,1-5H3,(H,37,41)(H,39,40)(H2,35,36,38)/t26-,27+/m1/s1. The molecule has 8 nitrogen and oxygen atoms in total. The summed E-state index contributed by atoms with van der Waals surface area (Å²) >= 11 is 0. The summed E-state index contributed by atoms with van der Waals surface area (Å²) in [5.74, 6) is -0.812. The number of rotatable bonds is 9. The first-order valence-electron chi connectivity index (χ1n) is 14.5. The number of hydrogen-bond acceptors (Lipinski definition) is 6. The van der Waals surface area contributed by atoms with Crippen LogP contribution in [0.15, 0.2) is 66.7 Å². The highest BCUT2D eigenvalue weighted by atomic mass is 19.1. The molecule has 1 heterocycles. The summed E-state index contributed by atoms with van der Waals surface area (Å²) in [4.78, 5) is 30.6. The summed E-state index contributed by atoms with van der Waals surface area (Å²) in [6, 6.07) is 20.0. The highest BCUT2D eigenvalue weighted by molar-refractivity contribution is 5.99. The van der Waals surface area contributed by atoms with Gasteiger partial charge in [-0.3, -0.25) is 4.79 Å². The average Bonchev–Trinajstić information content (AvgIpc) is 2.94. The number of anilines is 2. The van der Waals surface area contributed by atoms with Crippen molar-refractivity contribution in [2.45, 2.75) is 90.1 Å².